The molecule has 0 aliphatic carbocycles. The number of benzene rings is 1. The Bertz CT molecular complexity index is 604. The monoisotopic (exact) mass is 378 g/mol. The highest BCUT2D eigenvalue weighted by molar-refractivity contribution is 9.10. The van der Waals surface area contributed by atoms with Gasteiger partial charge in [0.15, 0.2) is 0 Å². The summed E-state index contributed by atoms with van der Waals surface area (Å²) in [4.78, 5) is 13.9. The molecule has 0 aromatic heterocycles. The molecule has 0 unspecified atom stereocenters. The number of nitrogens with zero attached hydrogens (tertiary/aromatic N) is 1. The van der Waals surface area contributed by atoms with Gasteiger partial charge in [-0.05, 0) is 40.5 Å². The maximum Gasteiger partial charge on any atom is 0.255 e. The molecule has 1 rings (SSSR count). The van der Waals surface area contributed by atoms with Crippen molar-refractivity contribution in [2.24, 2.45) is 5.14 Å². The number of primary sulfonamides is 1. The van der Waals surface area contributed by atoms with Gasteiger partial charge in [-0.25, -0.2) is 13.6 Å². The molecule has 0 aliphatic heterocycles. The average Bonchev–Trinajstić information content (AvgIpc) is 2.42. The zero-order valence-corrected chi connectivity index (χ0v) is 14.2. The van der Waals surface area contributed by atoms with E-state index in [-0.39, 0.29) is 29.5 Å². The maximum absolute atomic E-state index is 12.5. The van der Waals surface area contributed by atoms with Crippen molar-refractivity contribution in [3.8, 4) is 0 Å². The number of amides is 1. The largest absolute Gasteiger partial charge is 0.395 e. The third-order valence-electron chi connectivity index (χ3n) is 2.94. The minimum absolute atomic E-state index is 0.117. The van der Waals surface area contributed by atoms with E-state index in [9.17, 15) is 13.2 Å². The molecule has 0 aliphatic rings. The van der Waals surface area contributed by atoms with Crippen LogP contribution in [0.5, 0.6) is 0 Å². The lowest BCUT2D eigenvalue weighted by Gasteiger charge is -2.22. The molecule has 8 heteroatoms. The number of rotatable bonds is 7. The molecule has 0 spiro atoms. The second-order valence-corrected chi connectivity index (χ2v) is 6.97. The van der Waals surface area contributed by atoms with Crippen LogP contribution in [-0.4, -0.2) is 44.0 Å². The molecule has 0 bridgehead atoms. The molecule has 0 atom stereocenters. The first-order chi connectivity index (χ1) is 9.81. The molecule has 0 fully saturated rings. The number of hydrogen-bond donors (Lipinski definition) is 2. The molecule has 1 aromatic rings. The minimum Gasteiger partial charge on any atom is -0.395 e. The molecule has 0 radical (unpaired) electrons. The van der Waals surface area contributed by atoms with Gasteiger partial charge in [0, 0.05) is 17.6 Å². The van der Waals surface area contributed by atoms with Crippen LogP contribution in [0.25, 0.3) is 0 Å². The van der Waals surface area contributed by atoms with Crippen LogP contribution in [0.2, 0.25) is 0 Å². The fraction of sp³-hybridized carbons (Fsp3) is 0.462. The highest BCUT2D eigenvalue weighted by Gasteiger charge is 2.20. The zero-order valence-electron chi connectivity index (χ0n) is 11.8. The number of carbonyl (C=O) groups excluding carboxylic acids is 1. The molecular weight excluding hydrogens is 360 g/mol. The topological polar surface area (TPSA) is 101 Å². The van der Waals surface area contributed by atoms with Crippen LogP contribution in [0.1, 0.15) is 30.1 Å². The molecule has 0 heterocycles. The van der Waals surface area contributed by atoms with E-state index in [1.807, 2.05) is 6.92 Å². The highest BCUT2D eigenvalue weighted by Crippen LogP contribution is 2.22. The van der Waals surface area contributed by atoms with Crippen LogP contribution in [-0.2, 0) is 10.0 Å². The van der Waals surface area contributed by atoms with E-state index in [1.165, 1.54) is 23.1 Å². The number of carbonyl (C=O) groups is 1. The van der Waals surface area contributed by atoms with Crippen LogP contribution in [0.15, 0.2) is 27.6 Å². The van der Waals surface area contributed by atoms with E-state index >= 15 is 0 Å². The minimum atomic E-state index is -3.87. The quantitative estimate of drug-likeness (QED) is 0.746. The zero-order chi connectivity index (χ0) is 16.0. The lowest BCUT2D eigenvalue weighted by molar-refractivity contribution is 0.0718. The molecule has 1 amide bonds. The normalized spacial score (nSPS) is 11.4. The number of nitrogens with two attached hydrogens (primary N) is 1. The average molecular weight is 379 g/mol. The second-order valence-electron chi connectivity index (χ2n) is 4.56. The molecule has 3 N–H and O–H groups in total. The van der Waals surface area contributed by atoms with Gasteiger partial charge in [0.05, 0.1) is 17.1 Å². The third kappa shape index (κ3) is 5.06. The Morgan fingerprint density at radius 3 is 2.57 bits per heavy atom. The van der Waals surface area contributed by atoms with Gasteiger partial charge in [-0.1, -0.05) is 13.3 Å². The number of sulfonamides is 1. The fourth-order valence-corrected chi connectivity index (χ4v) is 2.76. The Morgan fingerprint density at radius 1 is 1.38 bits per heavy atom. The molecular formula is C13H19BrN2O4S. The standard InChI is InChI=1S/C13H19BrN2O4S/c1-2-3-6-16(7-8-17)13(18)11-9-10(21(15,19)20)4-5-12(11)14/h4-5,9,17H,2-3,6-8H2,1H3,(H2,15,19,20). The molecule has 0 saturated heterocycles. The summed E-state index contributed by atoms with van der Waals surface area (Å²) in [6.07, 6.45) is 1.71. The van der Waals surface area contributed by atoms with Gasteiger partial charge in [-0.3, -0.25) is 4.79 Å². The number of hydrogen-bond acceptors (Lipinski definition) is 4. The van der Waals surface area contributed by atoms with Gasteiger partial charge in [0.25, 0.3) is 5.91 Å². The first-order valence-corrected chi connectivity index (χ1v) is 8.87. The van der Waals surface area contributed by atoms with Crippen molar-refractivity contribution in [2.75, 3.05) is 19.7 Å². The van der Waals surface area contributed by atoms with Crippen LogP contribution in [0, 0.1) is 0 Å². The predicted octanol–water partition coefficient (Wildman–Crippen LogP) is 1.33. The summed E-state index contributed by atoms with van der Waals surface area (Å²) in [5.74, 6) is -0.338. The Labute approximate surface area is 133 Å². The fourth-order valence-electron chi connectivity index (χ4n) is 1.80. The van der Waals surface area contributed by atoms with Crippen LogP contribution >= 0.6 is 15.9 Å². The molecule has 0 saturated carbocycles. The predicted molar refractivity (Wildman–Crippen MR) is 83.4 cm³/mol. The van der Waals surface area contributed by atoms with Crippen molar-refractivity contribution in [2.45, 2.75) is 24.7 Å². The summed E-state index contributed by atoms with van der Waals surface area (Å²) in [7, 11) is -3.87. The highest BCUT2D eigenvalue weighted by atomic mass is 79.9. The first kappa shape index (κ1) is 18.1. The summed E-state index contributed by atoms with van der Waals surface area (Å²) >= 11 is 3.24. The van der Waals surface area contributed by atoms with E-state index in [0.717, 1.165) is 12.8 Å². The first-order valence-electron chi connectivity index (χ1n) is 6.53. The number of aliphatic hydroxyl groups is 1. The van der Waals surface area contributed by atoms with Gasteiger partial charge in [0.1, 0.15) is 0 Å². The van der Waals surface area contributed by atoms with Crippen molar-refractivity contribution in [3.63, 3.8) is 0 Å². The summed E-state index contributed by atoms with van der Waals surface area (Å²) in [6.45, 7) is 2.55. The smallest absolute Gasteiger partial charge is 0.255 e. The second kappa shape index (κ2) is 7.88. The van der Waals surface area contributed by atoms with Crippen molar-refractivity contribution in [3.05, 3.63) is 28.2 Å². The lowest BCUT2D eigenvalue weighted by atomic mass is 10.2. The van der Waals surface area contributed by atoms with Crippen molar-refractivity contribution >= 4 is 31.9 Å². The summed E-state index contributed by atoms with van der Waals surface area (Å²) in [5, 5.41) is 14.1. The van der Waals surface area contributed by atoms with Crippen molar-refractivity contribution in [1.82, 2.24) is 4.90 Å². The molecule has 6 nitrogen and oxygen atoms in total. The Morgan fingerprint density at radius 2 is 2.05 bits per heavy atom. The lowest BCUT2D eigenvalue weighted by Crippen LogP contribution is -2.34. The van der Waals surface area contributed by atoms with Crippen LogP contribution < -0.4 is 5.14 Å². The summed E-state index contributed by atoms with van der Waals surface area (Å²) in [5.41, 5.74) is 0.214. The summed E-state index contributed by atoms with van der Waals surface area (Å²) in [6, 6.07) is 4.06. The van der Waals surface area contributed by atoms with Gasteiger partial charge in [-0.15, -0.1) is 0 Å². The Hall–Kier alpha value is -0.960. The van der Waals surface area contributed by atoms with Crippen molar-refractivity contribution < 1.29 is 18.3 Å². The Kier molecular flexibility index (Phi) is 6.79. The molecule has 118 valence electrons. The molecule has 21 heavy (non-hydrogen) atoms. The van der Waals surface area contributed by atoms with Gasteiger partial charge in [-0.2, -0.15) is 0 Å². The van der Waals surface area contributed by atoms with E-state index in [1.54, 1.807) is 0 Å². The number of halogens is 1. The van der Waals surface area contributed by atoms with E-state index in [2.05, 4.69) is 15.9 Å². The SMILES string of the molecule is CCCCN(CCO)C(=O)c1cc(S(N)(=O)=O)ccc1Br. The number of aliphatic hydroxyl groups excluding tert-OH is 1. The van der Waals surface area contributed by atoms with E-state index in [0.29, 0.717) is 11.0 Å². The Balaban J connectivity index is 3.14. The van der Waals surface area contributed by atoms with Gasteiger partial charge in [0.2, 0.25) is 10.0 Å². The van der Waals surface area contributed by atoms with Gasteiger partial charge < -0.3 is 10.0 Å². The van der Waals surface area contributed by atoms with Crippen molar-refractivity contribution in [1.29, 1.82) is 0 Å². The van der Waals surface area contributed by atoms with E-state index in [4.69, 9.17) is 10.2 Å². The third-order valence-corrected chi connectivity index (χ3v) is 4.54. The van der Waals surface area contributed by atoms with Gasteiger partial charge >= 0.3 is 0 Å². The van der Waals surface area contributed by atoms with E-state index < -0.39 is 10.0 Å². The van der Waals surface area contributed by atoms with Crippen LogP contribution in [0.3, 0.4) is 0 Å². The molecule has 1 aromatic carbocycles. The van der Waals surface area contributed by atoms with Crippen LogP contribution in [0.4, 0.5) is 0 Å². The summed E-state index contributed by atoms with van der Waals surface area (Å²) < 4.78 is 23.3. The number of unbranched alkanes of at least 4 members (excludes halogenated alkanes) is 1. The maximum atomic E-state index is 12.5.